The zero-order chi connectivity index (χ0) is 20.9. The number of hydrogen-bond acceptors (Lipinski definition) is 6. The maximum Gasteiger partial charge on any atom is 0.234 e. The van der Waals surface area contributed by atoms with Crippen molar-refractivity contribution in [3.8, 4) is 11.3 Å². The van der Waals surface area contributed by atoms with Crippen molar-refractivity contribution in [2.45, 2.75) is 18.6 Å². The number of ether oxygens (including phenoxy) is 1. The number of para-hydroxylation sites is 2. The summed E-state index contributed by atoms with van der Waals surface area (Å²) < 4.78 is 7.33. The molecule has 154 valence electrons. The van der Waals surface area contributed by atoms with E-state index >= 15 is 0 Å². The lowest BCUT2D eigenvalue weighted by molar-refractivity contribution is -0.113. The molecule has 0 spiro atoms. The van der Waals surface area contributed by atoms with E-state index in [-0.39, 0.29) is 11.7 Å². The van der Waals surface area contributed by atoms with E-state index in [9.17, 15) is 4.79 Å². The van der Waals surface area contributed by atoms with Gasteiger partial charge in [-0.3, -0.25) is 4.79 Å². The van der Waals surface area contributed by atoms with Gasteiger partial charge in [-0.1, -0.05) is 36.0 Å². The van der Waals surface area contributed by atoms with E-state index in [1.54, 1.807) is 18.4 Å². The Labute approximate surface area is 183 Å². The zero-order valence-electron chi connectivity index (χ0n) is 16.8. The van der Waals surface area contributed by atoms with Gasteiger partial charge in [0.05, 0.1) is 34.1 Å². The second kappa shape index (κ2) is 9.42. The first-order valence-electron chi connectivity index (χ1n) is 9.53. The number of imidazole rings is 1. The molecule has 0 saturated heterocycles. The topological polar surface area (TPSA) is 69.0 Å². The summed E-state index contributed by atoms with van der Waals surface area (Å²) in [6.45, 7) is 3.26. The number of aromatic nitrogens is 3. The third-order valence-electron chi connectivity index (χ3n) is 4.53. The summed E-state index contributed by atoms with van der Waals surface area (Å²) in [5.41, 5.74) is 4.64. The second-order valence-corrected chi connectivity index (χ2v) is 8.70. The van der Waals surface area contributed by atoms with Crippen molar-refractivity contribution in [3.63, 3.8) is 0 Å². The summed E-state index contributed by atoms with van der Waals surface area (Å²) >= 11 is 3.04. The van der Waals surface area contributed by atoms with Crippen LogP contribution in [0, 0.1) is 6.92 Å². The van der Waals surface area contributed by atoms with Gasteiger partial charge >= 0.3 is 0 Å². The monoisotopic (exact) mass is 438 g/mol. The van der Waals surface area contributed by atoms with E-state index in [0.29, 0.717) is 13.2 Å². The molecule has 30 heavy (non-hydrogen) atoms. The number of carbonyl (C=O) groups excluding carboxylic acids is 1. The van der Waals surface area contributed by atoms with Crippen LogP contribution in [0.15, 0.2) is 59.1 Å². The summed E-state index contributed by atoms with van der Waals surface area (Å²) in [5.74, 6) is 0.202. The Kier molecular flexibility index (Phi) is 6.47. The van der Waals surface area contributed by atoms with E-state index in [4.69, 9.17) is 4.74 Å². The predicted octanol–water partition coefficient (Wildman–Crippen LogP) is 4.85. The van der Waals surface area contributed by atoms with Crippen LogP contribution in [0.4, 0.5) is 5.69 Å². The SMILES string of the molecule is COCCn1c(SCC(=O)Nc2cccc(-c3csc(C)n3)c2)nc2ccccc21. The first-order chi connectivity index (χ1) is 14.6. The van der Waals surface area contributed by atoms with Crippen LogP contribution < -0.4 is 5.32 Å². The molecule has 0 atom stereocenters. The molecule has 2 aromatic carbocycles. The first kappa shape index (κ1) is 20.6. The minimum Gasteiger partial charge on any atom is -0.383 e. The van der Waals surface area contributed by atoms with Gasteiger partial charge in [0, 0.05) is 30.3 Å². The predicted molar refractivity (Wildman–Crippen MR) is 123 cm³/mol. The number of thioether (sulfide) groups is 1. The highest BCUT2D eigenvalue weighted by molar-refractivity contribution is 7.99. The van der Waals surface area contributed by atoms with Gasteiger partial charge in [-0.15, -0.1) is 11.3 Å². The molecule has 0 saturated carbocycles. The molecule has 0 aliphatic carbocycles. The fourth-order valence-corrected chi connectivity index (χ4v) is 4.60. The Morgan fingerprint density at radius 3 is 2.87 bits per heavy atom. The van der Waals surface area contributed by atoms with E-state index in [0.717, 1.165) is 38.1 Å². The smallest absolute Gasteiger partial charge is 0.234 e. The number of anilines is 1. The minimum absolute atomic E-state index is 0.0723. The van der Waals surface area contributed by atoms with Gasteiger partial charge in [-0.25, -0.2) is 9.97 Å². The van der Waals surface area contributed by atoms with Gasteiger partial charge in [0.25, 0.3) is 0 Å². The van der Waals surface area contributed by atoms with Crippen molar-refractivity contribution in [2.24, 2.45) is 0 Å². The van der Waals surface area contributed by atoms with Crippen LogP contribution in [0.3, 0.4) is 0 Å². The number of methoxy groups -OCH3 is 1. The second-order valence-electron chi connectivity index (χ2n) is 6.70. The number of amides is 1. The number of hydrogen-bond donors (Lipinski definition) is 1. The molecule has 4 rings (SSSR count). The van der Waals surface area contributed by atoms with Crippen molar-refractivity contribution in [3.05, 3.63) is 58.9 Å². The standard InChI is InChI=1S/C22H22N4O2S2/c1-15-23-19(13-29-15)16-6-5-7-17(12-16)24-21(27)14-30-22-25-18-8-3-4-9-20(18)26(22)10-11-28-2/h3-9,12-13H,10-11,14H2,1-2H3,(H,24,27). The molecule has 0 bridgehead atoms. The summed E-state index contributed by atoms with van der Waals surface area (Å²) in [6.07, 6.45) is 0. The summed E-state index contributed by atoms with van der Waals surface area (Å²) in [4.78, 5) is 21.8. The lowest BCUT2D eigenvalue weighted by atomic mass is 10.1. The number of fused-ring (bicyclic) bond motifs is 1. The van der Waals surface area contributed by atoms with Gasteiger partial charge in [-0.2, -0.15) is 0 Å². The maximum absolute atomic E-state index is 12.6. The highest BCUT2D eigenvalue weighted by Gasteiger charge is 2.13. The van der Waals surface area contributed by atoms with E-state index in [1.807, 2.05) is 60.8 Å². The highest BCUT2D eigenvalue weighted by Crippen LogP contribution is 2.26. The van der Waals surface area contributed by atoms with Crippen molar-refractivity contribution in [1.82, 2.24) is 14.5 Å². The summed E-state index contributed by atoms with van der Waals surface area (Å²) in [5, 5.41) is 6.84. The highest BCUT2D eigenvalue weighted by atomic mass is 32.2. The molecule has 1 amide bonds. The van der Waals surface area contributed by atoms with Gasteiger partial charge in [0.2, 0.25) is 5.91 Å². The molecule has 0 unspecified atom stereocenters. The lowest BCUT2D eigenvalue weighted by Gasteiger charge is -2.09. The van der Waals surface area contributed by atoms with Crippen molar-refractivity contribution in [1.29, 1.82) is 0 Å². The van der Waals surface area contributed by atoms with Gasteiger partial charge < -0.3 is 14.6 Å². The third kappa shape index (κ3) is 4.72. The Bertz CT molecular complexity index is 1170. The number of nitrogens with zero attached hydrogens (tertiary/aromatic N) is 3. The fraction of sp³-hybridized carbons (Fsp3) is 0.227. The average molecular weight is 439 g/mol. The number of nitrogens with one attached hydrogen (secondary N) is 1. The Hall–Kier alpha value is -2.68. The van der Waals surface area contributed by atoms with Crippen molar-refractivity contribution < 1.29 is 9.53 Å². The van der Waals surface area contributed by atoms with Gasteiger partial charge in [0.1, 0.15) is 0 Å². The zero-order valence-corrected chi connectivity index (χ0v) is 18.4. The average Bonchev–Trinajstić information content (AvgIpc) is 3.34. The normalized spacial score (nSPS) is 11.1. The number of thiazole rings is 1. The van der Waals surface area contributed by atoms with Gasteiger partial charge in [0.15, 0.2) is 5.16 Å². The molecule has 8 heteroatoms. The molecule has 2 aromatic heterocycles. The third-order valence-corrected chi connectivity index (χ3v) is 6.28. The molecule has 1 N–H and O–H groups in total. The number of rotatable bonds is 8. The van der Waals surface area contributed by atoms with E-state index in [2.05, 4.69) is 19.9 Å². The molecule has 2 heterocycles. The quantitative estimate of drug-likeness (QED) is 0.399. The maximum atomic E-state index is 12.6. The lowest BCUT2D eigenvalue weighted by Crippen LogP contribution is -2.15. The van der Waals surface area contributed by atoms with Crippen LogP contribution >= 0.6 is 23.1 Å². The van der Waals surface area contributed by atoms with Crippen LogP contribution in [0.1, 0.15) is 5.01 Å². The largest absolute Gasteiger partial charge is 0.383 e. The minimum atomic E-state index is -0.0723. The molecule has 0 aliphatic heterocycles. The van der Waals surface area contributed by atoms with Crippen LogP contribution in [0.2, 0.25) is 0 Å². The Balaban J connectivity index is 1.44. The summed E-state index contributed by atoms with van der Waals surface area (Å²) in [6, 6.07) is 15.7. The van der Waals surface area contributed by atoms with Crippen LogP contribution in [-0.2, 0) is 16.1 Å². The Morgan fingerprint density at radius 1 is 1.20 bits per heavy atom. The molecular formula is C22H22N4O2S2. The van der Waals surface area contributed by atoms with Crippen molar-refractivity contribution in [2.75, 3.05) is 24.8 Å². The fourth-order valence-electron chi connectivity index (χ4n) is 3.14. The van der Waals surface area contributed by atoms with Crippen molar-refractivity contribution >= 4 is 45.7 Å². The van der Waals surface area contributed by atoms with Crippen LogP contribution in [-0.4, -0.2) is 39.9 Å². The molecule has 0 aliphatic rings. The number of carbonyl (C=O) groups is 1. The van der Waals surface area contributed by atoms with Crippen LogP contribution in [0.5, 0.6) is 0 Å². The van der Waals surface area contributed by atoms with E-state index in [1.165, 1.54) is 11.8 Å². The Morgan fingerprint density at radius 2 is 2.07 bits per heavy atom. The molecule has 4 aromatic rings. The molecule has 0 radical (unpaired) electrons. The molecule has 6 nitrogen and oxygen atoms in total. The first-order valence-corrected chi connectivity index (χ1v) is 11.4. The number of aryl methyl sites for hydroxylation is 1. The number of benzene rings is 2. The molecular weight excluding hydrogens is 416 g/mol. The van der Waals surface area contributed by atoms with E-state index < -0.39 is 0 Å². The molecule has 0 fully saturated rings. The van der Waals surface area contributed by atoms with Gasteiger partial charge in [-0.05, 0) is 31.2 Å². The summed E-state index contributed by atoms with van der Waals surface area (Å²) in [7, 11) is 1.68. The van der Waals surface area contributed by atoms with Crippen LogP contribution in [0.25, 0.3) is 22.3 Å².